The second-order valence-corrected chi connectivity index (χ2v) is 6.60. The number of hydrogen-bond donors (Lipinski definition) is 1. The van der Waals surface area contributed by atoms with Crippen molar-refractivity contribution < 1.29 is 0 Å². The van der Waals surface area contributed by atoms with E-state index in [-0.39, 0.29) is 0 Å². The zero-order valence-electron chi connectivity index (χ0n) is 11.4. The first-order valence-electron chi connectivity index (χ1n) is 7.13. The maximum Gasteiger partial charge on any atom is 0.00788 e. The topological polar surface area (TPSA) is 12.0 Å². The molecule has 0 saturated heterocycles. The molecule has 0 aliphatic heterocycles. The van der Waals surface area contributed by atoms with Crippen LogP contribution in [-0.4, -0.2) is 12.6 Å². The fraction of sp³-hybridized carbons (Fsp3) is 0.412. The van der Waals surface area contributed by atoms with Gasteiger partial charge in [0.2, 0.25) is 0 Å². The van der Waals surface area contributed by atoms with Gasteiger partial charge < -0.3 is 5.32 Å². The molecular formula is C17H21NS. The van der Waals surface area contributed by atoms with Crippen molar-refractivity contribution >= 4 is 11.3 Å². The van der Waals surface area contributed by atoms with Crippen molar-refractivity contribution in [3.8, 4) is 0 Å². The Bertz CT molecular complexity index is 512. The third kappa shape index (κ3) is 3.26. The summed E-state index contributed by atoms with van der Waals surface area (Å²) in [5.41, 5.74) is 2.91. The van der Waals surface area contributed by atoms with Crippen LogP contribution in [0.25, 0.3) is 0 Å². The average Bonchev–Trinajstić information content (AvgIpc) is 2.85. The summed E-state index contributed by atoms with van der Waals surface area (Å²) >= 11 is 1.86. The smallest absolute Gasteiger partial charge is 0.00788 e. The second kappa shape index (κ2) is 5.89. The SMILES string of the molecule is Cc1cccc(C2CC(NCCc3cccs3)C2)c1. The molecule has 0 amide bonds. The van der Waals surface area contributed by atoms with Gasteiger partial charge in [0.15, 0.2) is 0 Å². The van der Waals surface area contributed by atoms with E-state index in [9.17, 15) is 0 Å². The highest BCUT2D eigenvalue weighted by Crippen LogP contribution is 2.37. The fourth-order valence-electron chi connectivity index (χ4n) is 2.84. The highest BCUT2D eigenvalue weighted by molar-refractivity contribution is 7.09. The van der Waals surface area contributed by atoms with Crippen LogP contribution in [0.4, 0.5) is 0 Å². The predicted molar refractivity (Wildman–Crippen MR) is 83.0 cm³/mol. The third-order valence-electron chi connectivity index (χ3n) is 4.04. The van der Waals surface area contributed by atoms with Gasteiger partial charge in [-0.2, -0.15) is 0 Å². The summed E-state index contributed by atoms with van der Waals surface area (Å²) in [5.74, 6) is 0.777. The van der Waals surface area contributed by atoms with Crippen molar-refractivity contribution in [3.05, 3.63) is 57.8 Å². The van der Waals surface area contributed by atoms with E-state index in [4.69, 9.17) is 0 Å². The van der Waals surface area contributed by atoms with E-state index in [1.807, 2.05) is 11.3 Å². The first-order valence-corrected chi connectivity index (χ1v) is 8.01. The van der Waals surface area contributed by atoms with Crippen LogP contribution in [0.1, 0.15) is 34.8 Å². The Hall–Kier alpha value is -1.12. The van der Waals surface area contributed by atoms with E-state index in [1.165, 1.54) is 35.3 Å². The van der Waals surface area contributed by atoms with Crippen LogP contribution < -0.4 is 5.32 Å². The van der Waals surface area contributed by atoms with Crippen LogP contribution in [-0.2, 0) is 6.42 Å². The number of rotatable bonds is 5. The highest BCUT2D eigenvalue weighted by Gasteiger charge is 2.29. The van der Waals surface area contributed by atoms with Gasteiger partial charge >= 0.3 is 0 Å². The van der Waals surface area contributed by atoms with Gasteiger partial charge in [-0.3, -0.25) is 0 Å². The van der Waals surface area contributed by atoms with Gasteiger partial charge in [0.25, 0.3) is 0 Å². The molecule has 0 atom stereocenters. The molecule has 2 heteroatoms. The number of thiophene rings is 1. The lowest BCUT2D eigenvalue weighted by Crippen LogP contribution is -2.40. The molecule has 1 aliphatic rings. The fourth-order valence-corrected chi connectivity index (χ4v) is 3.54. The maximum absolute atomic E-state index is 3.68. The van der Waals surface area contributed by atoms with Crippen LogP contribution in [0, 0.1) is 6.92 Å². The number of nitrogens with one attached hydrogen (secondary N) is 1. The van der Waals surface area contributed by atoms with E-state index < -0.39 is 0 Å². The Morgan fingerprint density at radius 3 is 2.84 bits per heavy atom. The van der Waals surface area contributed by atoms with E-state index in [2.05, 4.69) is 54.0 Å². The molecule has 1 nitrogen and oxygen atoms in total. The molecule has 1 aliphatic carbocycles. The minimum atomic E-state index is 0.727. The molecule has 0 unspecified atom stereocenters. The quantitative estimate of drug-likeness (QED) is 0.862. The molecule has 1 fully saturated rings. The average molecular weight is 271 g/mol. The monoisotopic (exact) mass is 271 g/mol. The Kier molecular flexibility index (Phi) is 4.00. The van der Waals surface area contributed by atoms with Gasteiger partial charge in [0.05, 0.1) is 0 Å². The Labute approximate surface area is 119 Å². The van der Waals surface area contributed by atoms with E-state index >= 15 is 0 Å². The molecular weight excluding hydrogens is 250 g/mol. The van der Waals surface area contributed by atoms with E-state index in [1.54, 1.807) is 0 Å². The molecule has 1 heterocycles. The molecule has 1 aromatic carbocycles. The molecule has 0 bridgehead atoms. The lowest BCUT2D eigenvalue weighted by molar-refractivity contribution is 0.293. The predicted octanol–water partition coefficient (Wildman–Crippen LogP) is 4.13. The molecule has 3 rings (SSSR count). The number of hydrogen-bond acceptors (Lipinski definition) is 2. The molecule has 2 aromatic rings. The summed E-state index contributed by atoms with van der Waals surface area (Å²) in [6.45, 7) is 3.30. The zero-order chi connectivity index (χ0) is 13.1. The molecule has 1 saturated carbocycles. The summed E-state index contributed by atoms with van der Waals surface area (Å²) < 4.78 is 0. The summed E-state index contributed by atoms with van der Waals surface area (Å²) in [6, 6.07) is 14.1. The largest absolute Gasteiger partial charge is 0.314 e. The normalized spacial score (nSPS) is 22.2. The van der Waals surface area contributed by atoms with Crippen LogP contribution in [0.2, 0.25) is 0 Å². The minimum absolute atomic E-state index is 0.727. The van der Waals surface area contributed by atoms with Gasteiger partial charge in [0.1, 0.15) is 0 Å². The molecule has 100 valence electrons. The van der Waals surface area contributed by atoms with Gasteiger partial charge in [-0.15, -0.1) is 11.3 Å². The van der Waals surface area contributed by atoms with Crippen molar-refractivity contribution in [2.45, 2.75) is 38.1 Å². The van der Waals surface area contributed by atoms with Crippen LogP contribution in [0.15, 0.2) is 41.8 Å². The van der Waals surface area contributed by atoms with Crippen LogP contribution in [0.5, 0.6) is 0 Å². The minimum Gasteiger partial charge on any atom is -0.314 e. The first-order chi connectivity index (χ1) is 9.31. The summed E-state index contributed by atoms with van der Waals surface area (Å²) in [6.07, 6.45) is 3.77. The van der Waals surface area contributed by atoms with Gasteiger partial charge in [-0.1, -0.05) is 35.9 Å². The van der Waals surface area contributed by atoms with Crippen molar-refractivity contribution in [1.29, 1.82) is 0 Å². The summed E-state index contributed by atoms with van der Waals surface area (Å²) in [5, 5.41) is 5.84. The highest BCUT2D eigenvalue weighted by atomic mass is 32.1. The third-order valence-corrected chi connectivity index (χ3v) is 4.97. The standard InChI is InChI=1S/C17H21NS/c1-13-4-2-5-14(10-13)15-11-16(12-15)18-8-7-17-6-3-9-19-17/h2-6,9-10,15-16,18H,7-8,11-12H2,1H3. The van der Waals surface area contributed by atoms with E-state index in [0.29, 0.717) is 0 Å². The Balaban J connectivity index is 1.41. The van der Waals surface area contributed by atoms with Crippen molar-refractivity contribution in [2.75, 3.05) is 6.54 Å². The number of benzene rings is 1. The zero-order valence-corrected chi connectivity index (χ0v) is 12.2. The molecule has 0 spiro atoms. The summed E-state index contributed by atoms with van der Waals surface area (Å²) in [4.78, 5) is 1.49. The lowest BCUT2D eigenvalue weighted by atomic mass is 9.75. The van der Waals surface area contributed by atoms with E-state index in [0.717, 1.165) is 18.5 Å². The lowest BCUT2D eigenvalue weighted by Gasteiger charge is -2.36. The second-order valence-electron chi connectivity index (χ2n) is 5.56. The van der Waals surface area contributed by atoms with Crippen LogP contribution in [0.3, 0.4) is 0 Å². The molecule has 1 aromatic heterocycles. The Morgan fingerprint density at radius 1 is 1.21 bits per heavy atom. The summed E-state index contributed by atoms with van der Waals surface area (Å²) in [7, 11) is 0. The van der Waals surface area contributed by atoms with Crippen molar-refractivity contribution in [1.82, 2.24) is 5.32 Å². The van der Waals surface area contributed by atoms with Crippen LogP contribution >= 0.6 is 11.3 Å². The van der Waals surface area contributed by atoms with Gasteiger partial charge in [0, 0.05) is 17.5 Å². The van der Waals surface area contributed by atoms with Gasteiger partial charge in [-0.05, 0) is 49.1 Å². The van der Waals surface area contributed by atoms with Gasteiger partial charge in [-0.25, -0.2) is 0 Å². The first kappa shape index (κ1) is 12.9. The molecule has 1 N–H and O–H groups in total. The molecule has 0 radical (unpaired) electrons. The Morgan fingerprint density at radius 2 is 2.11 bits per heavy atom. The number of aryl methyl sites for hydroxylation is 1. The van der Waals surface area contributed by atoms with Crippen molar-refractivity contribution in [2.24, 2.45) is 0 Å². The molecule has 19 heavy (non-hydrogen) atoms. The van der Waals surface area contributed by atoms with Crippen molar-refractivity contribution in [3.63, 3.8) is 0 Å². The maximum atomic E-state index is 3.68.